The first-order valence-electron chi connectivity index (χ1n) is 10.6. The van der Waals surface area contributed by atoms with Crippen LogP contribution in [0.15, 0.2) is 40.9 Å². The predicted octanol–water partition coefficient (Wildman–Crippen LogP) is 2.67. The van der Waals surface area contributed by atoms with Crippen LogP contribution in [0.25, 0.3) is 22.4 Å². The lowest BCUT2D eigenvalue weighted by atomic mass is 10.1. The molecule has 0 N–H and O–H groups in total. The van der Waals surface area contributed by atoms with Gasteiger partial charge in [-0.25, -0.2) is 0 Å². The molecule has 0 saturated carbocycles. The quantitative estimate of drug-likeness (QED) is 0.643. The van der Waals surface area contributed by atoms with E-state index in [9.17, 15) is 4.79 Å². The Morgan fingerprint density at radius 3 is 2.87 bits per heavy atom. The number of rotatable bonds is 5. The van der Waals surface area contributed by atoms with E-state index in [4.69, 9.17) is 9.15 Å². The molecular formula is C22H25N5O3. The fraction of sp³-hybridized carbons (Fsp3) is 0.455. The summed E-state index contributed by atoms with van der Waals surface area (Å²) >= 11 is 0. The van der Waals surface area contributed by atoms with Crippen molar-refractivity contribution in [1.29, 1.82) is 0 Å². The van der Waals surface area contributed by atoms with E-state index in [0.717, 1.165) is 63.0 Å². The van der Waals surface area contributed by atoms with Crippen molar-refractivity contribution in [2.45, 2.75) is 25.3 Å². The number of hydrogen-bond acceptors (Lipinski definition) is 7. The van der Waals surface area contributed by atoms with Gasteiger partial charge < -0.3 is 14.1 Å². The van der Waals surface area contributed by atoms with Crippen molar-refractivity contribution in [2.75, 3.05) is 39.4 Å². The third-order valence-corrected chi connectivity index (χ3v) is 5.92. The lowest BCUT2D eigenvalue weighted by molar-refractivity contribution is -0.133. The normalized spacial score (nSPS) is 20.1. The Labute approximate surface area is 174 Å². The number of benzene rings is 1. The van der Waals surface area contributed by atoms with Crippen LogP contribution in [0.3, 0.4) is 0 Å². The molecule has 1 atom stereocenters. The lowest BCUT2D eigenvalue weighted by Crippen LogP contribution is -2.39. The minimum absolute atomic E-state index is 0.145. The van der Waals surface area contributed by atoms with E-state index in [1.165, 1.54) is 0 Å². The maximum Gasteiger partial charge on any atom is 0.267 e. The maximum atomic E-state index is 12.9. The van der Waals surface area contributed by atoms with Crippen LogP contribution in [0.5, 0.6) is 0 Å². The number of morpholine rings is 1. The number of nitrogens with zero attached hydrogens (tertiary/aromatic N) is 5. The number of pyridine rings is 1. The number of amides is 1. The molecule has 2 aliphatic heterocycles. The second-order valence-electron chi connectivity index (χ2n) is 7.78. The second kappa shape index (κ2) is 8.49. The molecule has 1 aromatic carbocycles. The summed E-state index contributed by atoms with van der Waals surface area (Å²) in [6.45, 7) is 4.77. The number of aromatic nitrogens is 3. The van der Waals surface area contributed by atoms with E-state index >= 15 is 0 Å². The zero-order valence-corrected chi connectivity index (χ0v) is 16.9. The highest BCUT2D eigenvalue weighted by Gasteiger charge is 2.34. The minimum Gasteiger partial charge on any atom is -0.417 e. The number of hydrogen-bond donors (Lipinski definition) is 0. The average molecular weight is 407 g/mol. The SMILES string of the molecule is O=C(CCN1CCOCC1)N1CCCC1c1nnc(-c2nccc3ccccc23)o1. The Morgan fingerprint density at radius 1 is 1.10 bits per heavy atom. The first kappa shape index (κ1) is 19.1. The van der Waals surface area contributed by atoms with E-state index in [0.29, 0.717) is 23.9 Å². The van der Waals surface area contributed by atoms with Crippen LogP contribution >= 0.6 is 0 Å². The topological polar surface area (TPSA) is 84.6 Å². The van der Waals surface area contributed by atoms with Gasteiger partial charge in [-0.1, -0.05) is 24.3 Å². The van der Waals surface area contributed by atoms with Gasteiger partial charge in [0.25, 0.3) is 5.89 Å². The number of carbonyl (C=O) groups excluding carboxylic acids is 1. The van der Waals surface area contributed by atoms with Gasteiger partial charge in [0, 0.05) is 44.2 Å². The molecule has 5 rings (SSSR count). The highest BCUT2D eigenvalue weighted by Crippen LogP contribution is 2.34. The number of fused-ring (bicyclic) bond motifs is 1. The fourth-order valence-corrected chi connectivity index (χ4v) is 4.30. The standard InChI is InChI=1S/C22H25N5O3/c28-19(8-11-26-12-14-29-15-13-26)27-10-3-6-18(27)21-24-25-22(30-21)20-17-5-2-1-4-16(17)7-9-23-20/h1-2,4-5,7,9,18H,3,6,8,10-15H2. The molecule has 2 aliphatic rings. The Balaban J connectivity index is 1.31. The largest absolute Gasteiger partial charge is 0.417 e. The Bertz CT molecular complexity index is 1030. The van der Waals surface area contributed by atoms with E-state index < -0.39 is 0 Å². The molecule has 3 aromatic rings. The van der Waals surface area contributed by atoms with Gasteiger partial charge in [0.15, 0.2) is 0 Å². The van der Waals surface area contributed by atoms with Gasteiger partial charge >= 0.3 is 0 Å². The highest BCUT2D eigenvalue weighted by atomic mass is 16.5. The first-order chi connectivity index (χ1) is 14.8. The lowest BCUT2D eigenvalue weighted by Gasteiger charge is -2.28. The minimum atomic E-state index is -0.154. The van der Waals surface area contributed by atoms with Crippen LogP contribution in [-0.2, 0) is 9.53 Å². The predicted molar refractivity (Wildman–Crippen MR) is 111 cm³/mol. The number of ether oxygens (including phenoxy) is 1. The molecular weight excluding hydrogens is 382 g/mol. The summed E-state index contributed by atoms with van der Waals surface area (Å²) in [6.07, 6.45) is 4.03. The molecule has 0 aliphatic carbocycles. The zero-order valence-electron chi connectivity index (χ0n) is 16.9. The van der Waals surface area contributed by atoms with E-state index in [1.807, 2.05) is 35.2 Å². The molecule has 0 bridgehead atoms. The molecule has 4 heterocycles. The van der Waals surface area contributed by atoms with E-state index in [1.54, 1.807) is 6.20 Å². The van der Waals surface area contributed by atoms with Crippen LogP contribution in [0.4, 0.5) is 0 Å². The van der Waals surface area contributed by atoms with E-state index in [-0.39, 0.29) is 11.9 Å². The van der Waals surface area contributed by atoms with Gasteiger partial charge in [-0.3, -0.25) is 14.7 Å². The van der Waals surface area contributed by atoms with Crippen LogP contribution in [0, 0.1) is 0 Å². The third kappa shape index (κ3) is 3.80. The summed E-state index contributed by atoms with van der Waals surface area (Å²) in [4.78, 5) is 21.5. The van der Waals surface area contributed by atoms with Crippen molar-refractivity contribution in [2.24, 2.45) is 0 Å². The van der Waals surface area contributed by atoms with E-state index in [2.05, 4.69) is 20.1 Å². The fourth-order valence-electron chi connectivity index (χ4n) is 4.30. The molecule has 1 amide bonds. The Hall–Kier alpha value is -2.84. The smallest absolute Gasteiger partial charge is 0.267 e. The summed E-state index contributed by atoms with van der Waals surface area (Å²) in [5.74, 6) is 1.04. The second-order valence-corrected chi connectivity index (χ2v) is 7.78. The van der Waals surface area contributed by atoms with Gasteiger partial charge in [0.1, 0.15) is 11.7 Å². The molecule has 1 unspecified atom stereocenters. The zero-order chi connectivity index (χ0) is 20.3. The Kier molecular flexibility index (Phi) is 5.42. The molecule has 8 nitrogen and oxygen atoms in total. The molecule has 2 aromatic heterocycles. The summed E-state index contributed by atoms with van der Waals surface area (Å²) < 4.78 is 11.4. The first-order valence-corrected chi connectivity index (χ1v) is 10.6. The summed E-state index contributed by atoms with van der Waals surface area (Å²) in [5.41, 5.74) is 0.676. The molecule has 0 spiro atoms. The Morgan fingerprint density at radius 2 is 1.97 bits per heavy atom. The van der Waals surface area contributed by atoms with Crippen LogP contribution in [0.1, 0.15) is 31.2 Å². The number of carbonyl (C=O) groups is 1. The van der Waals surface area contributed by atoms with Crippen LogP contribution in [0.2, 0.25) is 0 Å². The maximum absolute atomic E-state index is 12.9. The summed E-state index contributed by atoms with van der Waals surface area (Å²) in [5, 5.41) is 10.6. The molecule has 30 heavy (non-hydrogen) atoms. The number of likely N-dealkylation sites (tertiary alicyclic amines) is 1. The van der Waals surface area contributed by atoms with Crippen molar-refractivity contribution in [3.63, 3.8) is 0 Å². The van der Waals surface area contributed by atoms with Crippen molar-refractivity contribution in [1.82, 2.24) is 25.0 Å². The molecule has 8 heteroatoms. The van der Waals surface area contributed by atoms with Crippen molar-refractivity contribution in [3.05, 3.63) is 42.4 Å². The molecule has 2 saturated heterocycles. The summed E-state index contributed by atoms with van der Waals surface area (Å²) in [6, 6.07) is 9.80. The monoisotopic (exact) mass is 407 g/mol. The highest BCUT2D eigenvalue weighted by molar-refractivity contribution is 5.92. The van der Waals surface area contributed by atoms with Gasteiger partial charge in [-0.15, -0.1) is 10.2 Å². The van der Waals surface area contributed by atoms with Gasteiger partial charge in [-0.05, 0) is 24.3 Å². The van der Waals surface area contributed by atoms with Crippen molar-refractivity contribution >= 4 is 16.7 Å². The summed E-state index contributed by atoms with van der Waals surface area (Å²) in [7, 11) is 0. The van der Waals surface area contributed by atoms with Crippen LogP contribution < -0.4 is 0 Å². The van der Waals surface area contributed by atoms with Crippen molar-refractivity contribution < 1.29 is 13.9 Å². The molecule has 156 valence electrons. The van der Waals surface area contributed by atoms with Gasteiger partial charge in [0.2, 0.25) is 11.8 Å². The average Bonchev–Trinajstić information content (AvgIpc) is 3.47. The molecule has 0 radical (unpaired) electrons. The molecule has 2 fully saturated rings. The van der Waals surface area contributed by atoms with Crippen molar-refractivity contribution in [3.8, 4) is 11.6 Å². The third-order valence-electron chi connectivity index (χ3n) is 5.92. The van der Waals surface area contributed by atoms with Crippen LogP contribution in [-0.4, -0.2) is 70.3 Å². The van der Waals surface area contributed by atoms with Gasteiger partial charge in [-0.2, -0.15) is 0 Å². The van der Waals surface area contributed by atoms with Gasteiger partial charge in [0.05, 0.1) is 13.2 Å².